The molecule has 0 saturated heterocycles. The van der Waals surface area contributed by atoms with Crippen LogP contribution in [0.5, 0.6) is 0 Å². The van der Waals surface area contributed by atoms with Gasteiger partial charge in [0.05, 0.1) is 0 Å². The van der Waals surface area contributed by atoms with Gasteiger partial charge in [0.2, 0.25) is 5.91 Å². The second kappa shape index (κ2) is 5.03. The molecule has 0 aliphatic rings. The molecule has 0 aromatic heterocycles. The van der Waals surface area contributed by atoms with E-state index in [2.05, 4.69) is 6.92 Å². The highest BCUT2D eigenvalue weighted by Gasteiger charge is 2.00. The van der Waals surface area contributed by atoms with Gasteiger partial charge in [0.1, 0.15) is 0 Å². The first-order chi connectivity index (χ1) is 4.72. The van der Waals surface area contributed by atoms with Gasteiger partial charge in [0.15, 0.2) is 0 Å². The molecule has 0 heterocycles. The molecule has 0 radical (unpaired) electrons. The molecule has 0 aliphatic heterocycles. The Morgan fingerprint density at radius 3 is 2.60 bits per heavy atom. The summed E-state index contributed by atoms with van der Waals surface area (Å²) in [6, 6.07) is 0. The van der Waals surface area contributed by atoms with Gasteiger partial charge < -0.3 is 4.90 Å². The van der Waals surface area contributed by atoms with Gasteiger partial charge in [0, 0.05) is 13.6 Å². The number of carbonyl (C=O) groups excluding carboxylic acids is 1. The van der Waals surface area contributed by atoms with E-state index in [4.69, 9.17) is 0 Å². The van der Waals surface area contributed by atoms with Gasteiger partial charge in [-0.2, -0.15) is 0 Å². The molecule has 0 atom stereocenters. The van der Waals surface area contributed by atoms with Gasteiger partial charge in [-0.25, -0.2) is 0 Å². The Morgan fingerprint density at radius 2 is 2.20 bits per heavy atom. The third kappa shape index (κ3) is 3.28. The van der Waals surface area contributed by atoms with Gasteiger partial charge in [-0.15, -0.1) is 0 Å². The van der Waals surface area contributed by atoms with E-state index < -0.39 is 0 Å². The van der Waals surface area contributed by atoms with E-state index in [0.717, 1.165) is 13.0 Å². The summed E-state index contributed by atoms with van der Waals surface area (Å²) in [5.41, 5.74) is 0. The molecule has 2 heteroatoms. The minimum absolute atomic E-state index is 0.0874. The number of allylic oxidation sites excluding steroid dienone is 1. The molecule has 0 N–H and O–H groups in total. The lowest BCUT2D eigenvalue weighted by atomic mass is 10.4. The molecule has 10 heavy (non-hydrogen) atoms. The largest absolute Gasteiger partial charge is 0.342 e. The normalized spacial score (nSPS) is 10.3. The summed E-state index contributed by atoms with van der Waals surface area (Å²) in [5, 5.41) is 0. The van der Waals surface area contributed by atoms with Crippen molar-refractivity contribution in [3.8, 4) is 0 Å². The molecule has 58 valence electrons. The van der Waals surface area contributed by atoms with Gasteiger partial charge >= 0.3 is 0 Å². The second-order valence-electron chi connectivity index (χ2n) is 2.26. The molecule has 0 aromatic rings. The van der Waals surface area contributed by atoms with Crippen molar-refractivity contribution < 1.29 is 4.79 Å². The SMILES string of the molecule is C/C=C/C(=O)N(C)CCC. The van der Waals surface area contributed by atoms with Crippen LogP contribution < -0.4 is 0 Å². The zero-order valence-corrected chi connectivity index (χ0v) is 6.92. The maximum atomic E-state index is 11.0. The standard InChI is InChI=1S/C8H15NO/c1-4-6-8(10)9(3)7-5-2/h4,6H,5,7H2,1-3H3/b6-4+. The first-order valence-corrected chi connectivity index (χ1v) is 3.60. The summed E-state index contributed by atoms with van der Waals surface area (Å²) in [5.74, 6) is 0.0874. The number of hydrogen-bond acceptors (Lipinski definition) is 1. The van der Waals surface area contributed by atoms with E-state index in [1.165, 1.54) is 0 Å². The fourth-order valence-electron chi connectivity index (χ4n) is 0.715. The van der Waals surface area contributed by atoms with Crippen LogP contribution >= 0.6 is 0 Å². The van der Waals surface area contributed by atoms with E-state index >= 15 is 0 Å². The molecular weight excluding hydrogens is 126 g/mol. The fraction of sp³-hybridized carbons (Fsp3) is 0.625. The number of hydrogen-bond donors (Lipinski definition) is 0. The molecule has 0 saturated carbocycles. The lowest BCUT2D eigenvalue weighted by Crippen LogP contribution is -2.25. The van der Waals surface area contributed by atoms with Crippen molar-refractivity contribution in [2.45, 2.75) is 20.3 Å². The molecule has 0 aromatic carbocycles. The lowest BCUT2D eigenvalue weighted by Gasteiger charge is -2.12. The second-order valence-corrected chi connectivity index (χ2v) is 2.26. The van der Waals surface area contributed by atoms with Crippen molar-refractivity contribution in [3.63, 3.8) is 0 Å². The third-order valence-electron chi connectivity index (χ3n) is 1.24. The van der Waals surface area contributed by atoms with Crippen molar-refractivity contribution in [3.05, 3.63) is 12.2 Å². The van der Waals surface area contributed by atoms with Crippen LogP contribution in [-0.4, -0.2) is 24.4 Å². The predicted molar refractivity (Wildman–Crippen MR) is 42.7 cm³/mol. The van der Waals surface area contributed by atoms with Crippen LogP contribution in [0.1, 0.15) is 20.3 Å². The Morgan fingerprint density at radius 1 is 1.60 bits per heavy atom. The quantitative estimate of drug-likeness (QED) is 0.544. The zero-order valence-electron chi connectivity index (χ0n) is 6.92. The molecule has 0 spiro atoms. The number of rotatable bonds is 3. The predicted octanol–water partition coefficient (Wildman–Crippen LogP) is 1.43. The van der Waals surface area contributed by atoms with Gasteiger partial charge in [-0.3, -0.25) is 4.79 Å². The smallest absolute Gasteiger partial charge is 0.245 e. The summed E-state index contributed by atoms with van der Waals surface area (Å²) in [4.78, 5) is 12.7. The summed E-state index contributed by atoms with van der Waals surface area (Å²) >= 11 is 0. The van der Waals surface area contributed by atoms with Crippen LogP contribution in [0.15, 0.2) is 12.2 Å². The highest BCUT2D eigenvalue weighted by Crippen LogP contribution is 1.88. The molecule has 0 bridgehead atoms. The first kappa shape index (κ1) is 9.21. The monoisotopic (exact) mass is 141 g/mol. The maximum Gasteiger partial charge on any atom is 0.245 e. The number of nitrogens with zero attached hydrogens (tertiary/aromatic N) is 1. The molecule has 2 nitrogen and oxygen atoms in total. The van der Waals surface area contributed by atoms with Crippen molar-refractivity contribution >= 4 is 5.91 Å². The van der Waals surface area contributed by atoms with Crippen LogP contribution in [0.25, 0.3) is 0 Å². The third-order valence-corrected chi connectivity index (χ3v) is 1.24. The van der Waals surface area contributed by atoms with E-state index in [0.29, 0.717) is 0 Å². The summed E-state index contributed by atoms with van der Waals surface area (Å²) < 4.78 is 0. The maximum absolute atomic E-state index is 11.0. The number of amides is 1. The Bertz CT molecular complexity index is 129. The molecule has 0 unspecified atom stereocenters. The molecule has 0 aliphatic carbocycles. The van der Waals surface area contributed by atoms with Crippen molar-refractivity contribution in [1.29, 1.82) is 0 Å². The van der Waals surface area contributed by atoms with Gasteiger partial charge in [-0.05, 0) is 19.4 Å². The van der Waals surface area contributed by atoms with E-state index in [1.54, 1.807) is 17.1 Å². The summed E-state index contributed by atoms with van der Waals surface area (Å²) in [6.45, 7) is 4.74. The Balaban J connectivity index is 3.70. The van der Waals surface area contributed by atoms with Crippen LogP contribution in [0.2, 0.25) is 0 Å². The average molecular weight is 141 g/mol. The van der Waals surface area contributed by atoms with E-state index in [9.17, 15) is 4.79 Å². The van der Waals surface area contributed by atoms with Crippen molar-refractivity contribution in [2.24, 2.45) is 0 Å². The molecule has 1 amide bonds. The fourth-order valence-corrected chi connectivity index (χ4v) is 0.715. The minimum atomic E-state index is 0.0874. The van der Waals surface area contributed by atoms with Crippen LogP contribution in [0, 0.1) is 0 Å². The van der Waals surface area contributed by atoms with Crippen LogP contribution in [0.4, 0.5) is 0 Å². The number of carbonyl (C=O) groups is 1. The summed E-state index contributed by atoms with van der Waals surface area (Å²) in [6.07, 6.45) is 4.35. The Kier molecular flexibility index (Phi) is 4.63. The molecule has 0 rings (SSSR count). The first-order valence-electron chi connectivity index (χ1n) is 3.60. The average Bonchev–Trinajstić information content (AvgIpc) is 1.89. The number of likely N-dealkylation sites (N-methyl/N-ethyl adjacent to an activating group) is 1. The Hall–Kier alpha value is -0.790. The van der Waals surface area contributed by atoms with Crippen LogP contribution in [0.3, 0.4) is 0 Å². The molecule has 0 fully saturated rings. The van der Waals surface area contributed by atoms with E-state index in [1.807, 2.05) is 14.0 Å². The Labute approximate surface area is 62.5 Å². The highest BCUT2D eigenvalue weighted by molar-refractivity contribution is 5.87. The van der Waals surface area contributed by atoms with E-state index in [-0.39, 0.29) is 5.91 Å². The van der Waals surface area contributed by atoms with Gasteiger partial charge in [0.25, 0.3) is 0 Å². The van der Waals surface area contributed by atoms with Crippen molar-refractivity contribution in [2.75, 3.05) is 13.6 Å². The lowest BCUT2D eigenvalue weighted by molar-refractivity contribution is -0.124. The molecular formula is C8H15NO. The van der Waals surface area contributed by atoms with Gasteiger partial charge in [-0.1, -0.05) is 13.0 Å². The topological polar surface area (TPSA) is 20.3 Å². The zero-order chi connectivity index (χ0) is 7.98. The van der Waals surface area contributed by atoms with Crippen molar-refractivity contribution in [1.82, 2.24) is 4.90 Å². The highest BCUT2D eigenvalue weighted by atomic mass is 16.2. The van der Waals surface area contributed by atoms with Crippen LogP contribution in [-0.2, 0) is 4.79 Å². The summed E-state index contributed by atoms with van der Waals surface area (Å²) in [7, 11) is 1.81. The minimum Gasteiger partial charge on any atom is -0.342 e.